The van der Waals surface area contributed by atoms with Gasteiger partial charge in [0.2, 0.25) is 0 Å². The molecule has 4 nitrogen and oxygen atoms in total. The van der Waals surface area contributed by atoms with Crippen LogP contribution in [0.2, 0.25) is 10.0 Å². The first-order chi connectivity index (χ1) is 19.0. The van der Waals surface area contributed by atoms with Crippen LogP contribution >= 0.6 is 23.2 Å². The monoisotopic (exact) mass is 561 g/mol. The number of carbonyl (C=O) groups is 1. The van der Waals surface area contributed by atoms with Crippen molar-refractivity contribution in [3.63, 3.8) is 0 Å². The van der Waals surface area contributed by atoms with Crippen molar-refractivity contribution >= 4 is 29.5 Å². The van der Waals surface area contributed by atoms with Gasteiger partial charge in [-0.25, -0.2) is 0 Å². The SMILES string of the molecule is CC(COc1ccccc1C=O)Cc1ccc(Cl)cc1.Clc1ccc(C[C@H]2COc3ccccc3CN2)cc1. The molecule has 39 heavy (non-hydrogen) atoms. The van der Waals surface area contributed by atoms with Crippen molar-refractivity contribution in [2.45, 2.75) is 32.4 Å². The van der Waals surface area contributed by atoms with E-state index in [1.807, 2.05) is 72.8 Å². The van der Waals surface area contributed by atoms with Gasteiger partial charge in [-0.05, 0) is 72.4 Å². The molecule has 0 aromatic heterocycles. The van der Waals surface area contributed by atoms with Crippen molar-refractivity contribution in [1.82, 2.24) is 5.32 Å². The topological polar surface area (TPSA) is 47.6 Å². The molecule has 4 aromatic carbocycles. The number of fused-ring (bicyclic) bond motifs is 1. The Morgan fingerprint density at radius 3 is 2.26 bits per heavy atom. The predicted octanol–water partition coefficient (Wildman–Crippen LogP) is 7.84. The van der Waals surface area contributed by atoms with E-state index in [0.29, 0.717) is 36.5 Å². The predicted molar refractivity (Wildman–Crippen MR) is 159 cm³/mol. The van der Waals surface area contributed by atoms with Gasteiger partial charge in [0.05, 0.1) is 12.2 Å². The Labute approximate surface area is 240 Å². The van der Waals surface area contributed by atoms with Crippen molar-refractivity contribution in [2.24, 2.45) is 5.92 Å². The average molecular weight is 563 g/mol. The van der Waals surface area contributed by atoms with E-state index < -0.39 is 0 Å². The minimum atomic E-state index is 0.327. The molecule has 0 aliphatic carbocycles. The van der Waals surface area contributed by atoms with Crippen molar-refractivity contribution in [1.29, 1.82) is 0 Å². The smallest absolute Gasteiger partial charge is 0.153 e. The highest BCUT2D eigenvalue weighted by atomic mass is 35.5. The second-order valence-corrected chi connectivity index (χ2v) is 10.6. The number of para-hydroxylation sites is 2. The lowest BCUT2D eigenvalue weighted by Crippen LogP contribution is -2.34. The summed E-state index contributed by atoms with van der Waals surface area (Å²) >= 11 is 11.8. The van der Waals surface area contributed by atoms with Gasteiger partial charge in [0.15, 0.2) is 6.29 Å². The number of hydrogen-bond acceptors (Lipinski definition) is 4. The quantitative estimate of drug-likeness (QED) is 0.222. The third-order valence-electron chi connectivity index (χ3n) is 6.46. The molecule has 1 aliphatic heterocycles. The number of ether oxygens (including phenoxy) is 2. The van der Waals surface area contributed by atoms with E-state index in [1.54, 1.807) is 6.07 Å². The highest BCUT2D eigenvalue weighted by molar-refractivity contribution is 6.30. The van der Waals surface area contributed by atoms with E-state index in [4.69, 9.17) is 32.7 Å². The highest BCUT2D eigenvalue weighted by Crippen LogP contribution is 2.22. The van der Waals surface area contributed by atoms with Gasteiger partial charge in [0.1, 0.15) is 18.1 Å². The van der Waals surface area contributed by atoms with Crippen LogP contribution in [0.1, 0.15) is 34.0 Å². The molecule has 5 rings (SSSR count). The number of aldehydes is 1. The number of nitrogens with one attached hydrogen (secondary N) is 1. The molecule has 0 fully saturated rings. The van der Waals surface area contributed by atoms with Gasteiger partial charge in [0, 0.05) is 28.2 Å². The Kier molecular flexibility index (Phi) is 10.8. The molecule has 1 N–H and O–H groups in total. The van der Waals surface area contributed by atoms with E-state index in [-0.39, 0.29) is 0 Å². The number of carbonyl (C=O) groups excluding carboxylic acids is 1. The molecular weight excluding hydrogens is 529 g/mol. The Bertz CT molecular complexity index is 1300. The summed E-state index contributed by atoms with van der Waals surface area (Å²) in [5.41, 5.74) is 4.32. The van der Waals surface area contributed by atoms with E-state index >= 15 is 0 Å². The van der Waals surface area contributed by atoms with E-state index in [1.165, 1.54) is 16.7 Å². The molecule has 0 bridgehead atoms. The van der Waals surface area contributed by atoms with Crippen LogP contribution in [0.25, 0.3) is 0 Å². The molecular formula is C33H33Cl2NO3. The van der Waals surface area contributed by atoms with Gasteiger partial charge in [-0.2, -0.15) is 0 Å². The molecule has 0 saturated heterocycles. The lowest BCUT2D eigenvalue weighted by Gasteiger charge is -2.15. The van der Waals surface area contributed by atoms with Gasteiger partial charge in [-0.15, -0.1) is 0 Å². The minimum absolute atomic E-state index is 0.327. The molecule has 0 amide bonds. The molecule has 0 radical (unpaired) electrons. The van der Waals surface area contributed by atoms with Crippen LogP contribution in [0.15, 0.2) is 97.1 Å². The van der Waals surface area contributed by atoms with Crippen LogP contribution in [-0.4, -0.2) is 25.5 Å². The molecule has 0 spiro atoms. The molecule has 2 atom stereocenters. The van der Waals surface area contributed by atoms with Gasteiger partial charge in [-0.3, -0.25) is 4.79 Å². The summed E-state index contributed by atoms with van der Waals surface area (Å²) in [4.78, 5) is 10.9. The summed E-state index contributed by atoms with van der Waals surface area (Å²) in [7, 11) is 0. The van der Waals surface area contributed by atoms with Crippen molar-refractivity contribution in [3.8, 4) is 11.5 Å². The lowest BCUT2D eigenvalue weighted by molar-refractivity contribution is 0.111. The second kappa shape index (κ2) is 14.7. The zero-order chi connectivity index (χ0) is 27.5. The van der Waals surface area contributed by atoms with Gasteiger partial charge in [0.25, 0.3) is 0 Å². The maximum atomic E-state index is 10.9. The molecule has 1 heterocycles. The third kappa shape index (κ3) is 9.14. The summed E-state index contributed by atoms with van der Waals surface area (Å²) < 4.78 is 11.6. The lowest BCUT2D eigenvalue weighted by atomic mass is 10.0. The highest BCUT2D eigenvalue weighted by Gasteiger charge is 2.16. The van der Waals surface area contributed by atoms with Gasteiger partial charge < -0.3 is 14.8 Å². The standard InChI is InChI=1S/C17H17ClO2.C16H16ClNO/c1-13(10-14-6-8-16(18)9-7-14)12-20-17-5-3-2-4-15(17)11-19;17-14-7-5-12(6-8-14)9-15-11-19-16-4-2-1-3-13(16)10-18-15/h2-9,11,13H,10,12H2,1H3;1-8,15,18H,9-11H2/t;15-/m.0/s1. The van der Waals surface area contributed by atoms with Crippen molar-refractivity contribution < 1.29 is 14.3 Å². The molecule has 1 unspecified atom stereocenters. The first-order valence-corrected chi connectivity index (χ1v) is 13.9. The number of rotatable bonds is 8. The average Bonchev–Trinajstić information content (AvgIpc) is 3.17. The summed E-state index contributed by atoms with van der Waals surface area (Å²) in [6, 6.07) is 31.6. The van der Waals surface area contributed by atoms with Crippen LogP contribution in [0.3, 0.4) is 0 Å². The largest absolute Gasteiger partial charge is 0.493 e. The fraction of sp³-hybridized carbons (Fsp3) is 0.242. The maximum Gasteiger partial charge on any atom is 0.153 e. The van der Waals surface area contributed by atoms with Crippen LogP contribution in [-0.2, 0) is 19.4 Å². The summed E-state index contributed by atoms with van der Waals surface area (Å²) in [6.45, 7) is 4.25. The minimum Gasteiger partial charge on any atom is -0.493 e. The second-order valence-electron chi connectivity index (χ2n) is 9.73. The first-order valence-electron chi connectivity index (χ1n) is 13.1. The van der Waals surface area contributed by atoms with E-state index in [9.17, 15) is 4.79 Å². The summed E-state index contributed by atoms with van der Waals surface area (Å²) in [5.74, 6) is 2.00. The molecule has 0 saturated carbocycles. The number of halogens is 2. The molecule has 1 aliphatic rings. The van der Waals surface area contributed by atoms with Crippen molar-refractivity contribution in [3.05, 3.63) is 129 Å². The maximum absolute atomic E-state index is 10.9. The Morgan fingerprint density at radius 1 is 0.897 bits per heavy atom. The first kappa shape index (κ1) is 28.7. The van der Waals surface area contributed by atoms with E-state index in [0.717, 1.165) is 41.5 Å². The van der Waals surface area contributed by atoms with Crippen molar-refractivity contribution in [2.75, 3.05) is 13.2 Å². The fourth-order valence-corrected chi connectivity index (χ4v) is 4.61. The van der Waals surface area contributed by atoms with Crippen LogP contribution in [0.5, 0.6) is 11.5 Å². The summed E-state index contributed by atoms with van der Waals surface area (Å²) in [5, 5.41) is 5.07. The zero-order valence-corrected chi connectivity index (χ0v) is 23.5. The molecule has 202 valence electrons. The molecule has 6 heteroatoms. The molecule has 4 aromatic rings. The van der Waals surface area contributed by atoms with Crippen LogP contribution in [0, 0.1) is 5.92 Å². The van der Waals surface area contributed by atoms with E-state index in [2.05, 4.69) is 30.4 Å². The fourth-order valence-electron chi connectivity index (χ4n) is 4.35. The van der Waals surface area contributed by atoms with Crippen LogP contribution in [0.4, 0.5) is 0 Å². The van der Waals surface area contributed by atoms with Gasteiger partial charge >= 0.3 is 0 Å². The normalized spacial score (nSPS) is 15.0. The zero-order valence-electron chi connectivity index (χ0n) is 22.0. The summed E-state index contributed by atoms with van der Waals surface area (Å²) in [6.07, 6.45) is 2.69. The Morgan fingerprint density at radius 2 is 1.54 bits per heavy atom. The third-order valence-corrected chi connectivity index (χ3v) is 6.96. The Hall–Kier alpha value is -3.31. The van der Waals surface area contributed by atoms with Crippen LogP contribution < -0.4 is 14.8 Å². The van der Waals surface area contributed by atoms with Gasteiger partial charge in [-0.1, -0.05) is 84.7 Å². The number of benzene rings is 4. The number of hydrogen-bond donors (Lipinski definition) is 1. The Balaban J connectivity index is 0.000000181.